The lowest BCUT2D eigenvalue weighted by atomic mass is 10.1. The Kier molecular flexibility index (Phi) is 6.17. The van der Waals surface area contributed by atoms with Gasteiger partial charge in [-0.15, -0.1) is 0 Å². The SMILES string of the molecule is CC(=O)Oc1c(OCc2ccncc2)cc2oc(-c3ccccc3)cc(=O)c2c1OC(C)=O. The number of nitrogens with zero attached hydrogens (tertiary/aromatic N) is 1. The molecule has 4 rings (SSSR count). The Labute approximate surface area is 188 Å². The van der Waals surface area contributed by atoms with E-state index in [0.717, 1.165) is 5.56 Å². The Morgan fingerprint density at radius 2 is 1.58 bits per heavy atom. The maximum absolute atomic E-state index is 13.1. The van der Waals surface area contributed by atoms with Crippen molar-refractivity contribution in [3.05, 3.63) is 82.8 Å². The van der Waals surface area contributed by atoms with Gasteiger partial charge in [0.05, 0.1) is 0 Å². The van der Waals surface area contributed by atoms with E-state index in [0.29, 0.717) is 11.3 Å². The Morgan fingerprint density at radius 1 is 0.909 bits per heavy atom. The Hall–Kier alpha value is -4.46. The highest BCUT2D eigenvalue weighted by Gasteiger charge is 2.25. The van der Waals surface area contributed by atoms with Crippen LogP contribution in [0, 0.1) is 0 Å². The number of pyridine rings is 1. The number of hydrogen-bond acceptors (Lipinski definition) is 8. The lowest BCUT2D eigenvalue weighted by Gasteiger charge is -2.16. The molecule has 2 aromatic heterocycles. The lowest BCUT2D eigenvalue weighted by molar-refractivity contribution is -0.134. The topological polar surface area (TPSA) is 105 Å². The van der Waals surface area contributed by atoms with Crippen LogP contribution in [-0.4, -0.2) is 16.9 Å². The first-order valence-corrected chi connectivity index (χ1v) is 10.0. The summed E-state index contributed by atoms with van der Waals surface area (Å²) >= 11 is 0. The van der Waals surface area contributed by atoms with Crippen LogP contribution < -0.4 is 19.6 Å². The summed E-state index contributed by atoms with van der Waals surface area (Å²) in [5, 5.41) is -0.0441. The largest absolute Gasteiger partial charge is 0.485 e. The van der Waals surface area contributed by atoms with Crippen molar-refractivity contribution in [1.29, 1.82) is 0 Å². The molecular formula is C25H19NO7. The van der Waals surface area contributed by atoms with Crippen molar-refractivity contribution in [2.75, 3.05) is 0 Å². The first-order chi connectivity index (χ1) is 15.9. The molecular weight excluding hydrogens is 426 g/mol. The summed E-state index contributed by atoms with van der Waals surface area (Å²) in [6, 6.07) is 15.3. The van der Waals surface area contributed by atoms with Crippen LogP contribution in [0.25, 0.3) is 22.3 Å². The summed E-state index contributed by atoms with van der Waals surface area (Å²) in [5.74, 6) is -1.42. The van der Waals surface area contributed by atoms with Gasteiger partial charge in [-0.2, -0.15) is 0 Å². The van der Waals surface area contributed by atoms with E-state index in [4.69, 9.17) is 18.6 Å². The fourth-order valence-corrected chi connectivity index (χ4v) is 3.22. The number of hydrogen-bond donors (Lipinski definition) is 0. The quantitative estimate of drug-likeness (QED) is 0.320. The number of aromatic nitrogens is 1. The lowest BCUT2D eigenvalue weighted by Crippen LogP contribution is -2.12. The molecule has 0 atom stereocenters. The van der Waals surface area contributed by atoms with E-state index >= 15 is 0 Å². The molecule has 0 radical (unpaired) electrons. The molecule has 33 heavy (non-hydrogen) atoms. The molecule has 0 fully saturated rings. The minimum Gasteiger partial charge on any atom is -0.485 e. The summed E-state index contributed by atoms with van der Waals surface area (Å²) in [7, 11) is 0. The average Bonchev–Trinajstić information content (AvgIpc) is 2.79. The average molecular weight is 445 g/mol. The van der Waals surface area contributed by atoms with E-state index in [2.05, 4.69) is 4.98 Å². The van der Waals surface area contributed by atoms with Crippen LogP contribution in [0.5, 0.6) is 17.2 Å². The Morgan fingerprint density at radius 3 is 2.24 bits per heavy atom. The number of benzene rings is 2. The van der Waals surface area contributed by atoms with Gasteiger partial charge in [-0.3, -0.25) is 19.4 Å². The van der Waals surface area contributed by atoms with Gasteiger partial charge in [-0.05, 0) is 17.7 Å². The van der Waals surface area contributed by atoms with Crippen LogP contribution in [0.3, 0.4) is 0 Å². The van der Waals surface area contributed by atoms with Gasteiger partial charge in [0.2, 0.25) is 5.75 Å². The van der Waals surface area contributed by atoms with Crippen LogP contribution in [0.15, 0.2) is 76.2 Å². The molecule has 0 saturated carbocycles. The molecule has 0 amide bonds. The monoisotopic (exact) mass is 445 g/mol. The summed E-state index contributed by atoms with van der Waals surface area (Å²) in [6.07, 6.45) is 3.23. The zero-order chi connectivity index (χ0) is 23.4. The highest BCUT2D eigenvalue weighted by molar-refractivity contribution is 5.93. The zero-order valence-electron chi connectivity index (χ0n) is 17.9. The van der Waals surface area contributed by atoms with Crippen molar-refractivity contribution in [3.8, 4) is 28.6 Å². The van der Waals surface area contributed by atoms with Crippen LogP contribution in [-0.2, 0) is 16.2 Å². The predicted molar refractivity (Wildman–Crippen MR) is 119 cm³/mol. The fourth-order valence-electron chi connectivity index (χ4n) is 3.22. The molecule has 0 bridgehead atoms. The Bertz CT molecular complexity index is 1380. The molecule has 4 aromatic rings. The maximum atomic E-state index is 13.1. The van der Waals surface area contributed by atoms with Gasteiger partial charge in [-0.25, -0.2) is 0 Å². The molecule has 166 valence electrons. The summed E-state index contributed by atoms with van der Waals surface area (Å²) < 4.78 is 22.5. The van der Waals surface area contributed by atoms with Crippen LogP contribution >= 0.6 is 0 Å². The van der Waals surface area contributed by atoms with Crippen LogP contribution in [0.4, 0.5) is 0 Å². The summed E-state index contributed by atoms with van der Waals surface area (Å²) in [6.45, 7) is 2.47. The maximum Gasteiger partial charge on any atom is 0.308 e. The van der Waals surface area contributed by atoms with Gasteiger partial charge in [0.15, 0.2) is 16.9 Å². The number of carbonyl (C=O) groups is 2. The number of rotatable bonds is 6. The predicted octanol–water partition coefficient (Wildman–Crippen LogP) is 4.28. The molecule has 8 heteroatoms. The van der Waals surface area contributed by atoms with E-state index in [1.54, 1.807) is 36.7 Å². The van der Waals surface area contributed by atoms with Crippen molar-refractivity contribution < 1.29 is 28.2 Å². The van der Waals surface area contributed by atoms with E-state index < -0.39 is 17.4 Å². The standard InChI is InChI=1S/C25H19NO7/c1-15(27)31-24-22(30-14-17-8-10-26-11-9-17)13-21-23(25(24)32-16(2)28)19(29)12-20(33-21)18-6-4-3-5-7-18/h3-13H,14H2,1-2H3. The first kappa shape index (κ1) is 21.8. The molecule has 0 aliphatic rings. The zero-order valence-corrected chi connectivity index (χ0v) is 17.9. The third kappa shape index (κ3) is 4.90. The highest BCUT2D eigenvalue weighted by Crippen LogP contribution is 2.44. The van der Waals surface area contributed by atoms with E-state index in [-0.39, 0.29) is 34.8 Å². The van der Waals surface area contributed by atoms with Gasteiger partial charge in [-0.1, -0.05) is 30.3 Å². The molecule has 8 nitrogen and oxygen atoms in total. The van der Waals surface area contributed by atoms with E-state index in [1.807, 2.05) is 18.2 Å². The number of esters is 2. The first-order valence-electron chi connectivity index (χ1n) is 10.0. The molecule has 0 aliphatic heterocycles. The van der Waals surface area contributed by atoms with Crippen molar-refractivity contribution >= 4 is 22.9 Å². The minimum absolute atomic E-state index is 0.0441. The second-order valence-electron chi connectivity index (χ2n) is 7.08. The molecule has 0 unspecified atom stereocenters. The molecule has 0 N–H and O–H groups in total. The third-order valence-corrected chi connectivity index (χ3v) is 4.59. The van der Waals surface area contributed by atoms with Crippen LogP contribution in [0.2, 0.25) is 0 Å². The van der Waals surface area contributed by atoms with Crippen molar-refractivity contribution in [2.45, 2.75) is 20.5 Å². The van der Waals surface area contributed by atoms with Gasteiger partial charge < -0.3 is 18.6 Å². The highest BCUT2D eigenvalue weighted by atomic mass is 16.6. The number of carbonyl (C=O) groups excluding carboxylic acids is 2. The molecule has 2 aromatic carbocycles. The van der Waals surface area contributed by atoms with Gasteiger partial charge in [0.25, 0.3) is 0 Å². The smallest absolute Gasteiger partial charge is 0.308 e. The number of ether oxygens (including phenoxy) is 3. The molecule has 0 spiro atoms. The molecule has 2 heterocycles. The summed E-state index contributed by atoms with van der Waals surface area (Å²) in [5.41, 5.74) is 1.12. The van der Waals surface area contributed by atoms with E-state index in [1.165, 1.54) is 26.0 Å². The van der Waals surface area contributed by atoms with Crippen molar-refractivity contribution in [2.24, 2.45) is 0 Å². The van der Waals surface area contributed by atoms with Crippen molar-refractivity contribution in [3.63, 3.8) is 0 Å². The van der Waals surface area contributed by atoms with E-state index in [9.17, 15) is 14.4 Å². The summed E-state index contributed by atoms with van der Waals surface area (Å²) in [4.78, 5) is 40.7. The second-order valence-corrected chi connectivity index (χ2v) is 7.08. The fraction of sp³-hybridized carbons (Fsp3) is 0.120. The Balaban J connectivity index is 1.93. The second kappa shape index (κ2) is 9.35. The normalized spacial score (nSPS) is 10.6. The third-order valence-electron chi connectivity index (χ3n) is 4.59. The van der Waals surface area contributed by atoms with Crippen LogP contribution in [0.1, 0.15) is 19.4 Å². The van der Waals surface area contributed by atoms with Gasteiger partial charge in [0, 0.05) is 43.9 Å². The minimum atomic E-state index is -0.706. The number of fused-ring (bicyclic) bond motifs is 1. The molecule has 0 aliphatic carbocycles. The molecule has 0 saturated heterocycles. The van der Waals surface area contributed by atoms with Gasteiger partial charge in [0.1, 0.15) is 23.3 Å². The van der Waals surface area contributed by atoms with Crippen molar-refractivity contribution in [1.82, 2.24) is 4.98 Å². The van der Waals surface area contributed by atoms with Gasteiger partial charge >= 0.3 is 11.9 Å².